The third-order valence-corrected chi connectivity index (χ3v) is 5.20. The van der Waals surface area contributed by atoms with Gasteiger partial charge in [-0.05, 0) is 19.8 Å². The number of esters is 2. The van der Waals surface area contributed by atoms with E-state index in [0.29, 0.717) is 26.1 Å². The highest BCUT2D eigenvalue weighted by Gasteiger charge is 2.38. The Bertz CT molecular complexity index is 453. The first-order valence-electron chi connectivity index (χ1n) is 11.6. The summed E-state index contributed by atoms with van der Waals surface area (Å²) in [6.45, 7) is 7.18. The van der Waals surface area contributed by atoms with Gasteiger partial charge in [-0.15, -0.1) is 0 Å². The summed E-state index contributed by atoms with van der Waals surface area (Å²) in [5.41, 5.74) is 0. The highest BCUT2D eigenvalue weighted by atomic mass is 16.7. The predicted octanol–water partition coefficient (Wildman–Crippen LogP) is 5.32. The maximum atomic E-state index is 11.9. The molecule has 1 aliphatic rings. The average molecular weight is 415 g/mol. The maximum absolute atomic E-state index is 11.9. The topological polar surface area (TPSA) is 71.1 Å². The van der Waals surface area contributed by atoms with Crippen molar-refractivity contribution in [2.75, 3.05) is 19.8 Å². The van der Waals surface area contributed by atoms with Crippen molar-refractivity contribution in [3.05, 3.63) is 0 Å². The molecular formula is C23H42O6. The number of ether oxygens (including phenoxy) is 4. The molecule has 0 aromatic carbocycles. The summed E-state index contributed by atoms with van der Waals surface area (Å²) >= 11 is 0. The first kappa shape index (κ1) is 25.9. The van der Waals surface area contributed by atoms with Crippen LogP contribution in [-0.2, 0) is 28.5 Å². The Balaban J connectivity index is 2.07. The van der Waals surface area contributed by atoms with Gasteiger partial charge in [0.05, 0.1) is 19.6 Å². The van der Waals surface area contributed by atoms with Crippen LogP contribution in [0.25, 0.3) is 0 Å². The van der Waals surface area contributed by atoms with Gasteiger partial charge in [0, 0.05) is 12.8 Å². The van der Waals surface area contributed by atoms with Crippen LogP contribution in [0.1, 0.15) is 104 Å². The van der Waals surface area contributed by atoms with Crippen LogP contribution in [0.15, 0.2) is 0 Å². The van der Waals surface area contributed by atoms with Gasteiger partial charge in [-0.25, -0.2) is 0 Å². The van der Waals surface area contributed by atoms with Gasteiger partial charge in [-0.2, -0.15) is 0 Å². The molecule has 2 unspecified atom stereocenters. The lowest BCUT2D eigenvalue weighted by Gasteiger charge is -2.22. The van der Waals surface area contributed by atoms with Gasteiger partial charge < -0.3 is 18.9 Å². The van der Waals surface area contributed by atoms with Gasteiger partial charge in [0.1, 0.15) is 12.7 Å². The van der Waals surface area contributed by atoms with E-state index in [1.165, 1.54) is 32.1 Å². The lowest BCUT2D eigenvalue weighted by Crippen LogP contribution is -2.29. The third-order valence-electron chi connectivity index (χ3n) is 5.20. The summed E-state index contributed by atoms with van der Waals surface area (Å²) in [5.74, 6) is -1.22. The second kappa shape index (κ2) is 15.7. The standard InChI is InChI=1S/C23H42O6/c1-4-6-8-9-10-11-13-17-26-22(25)15-16-23(3)28-19-20(29-23)18-27-21(24)14-12-7-5-2/h20H,4-19H2,1-3H3. The number of unbranched alkanes of at least 4 members (excludes halogenated alkanes) is 8. The molecule has 2 atom stereocenters. The third kappa shape index (κ3) is 12.9. The second-order valence-electron chi connectivity index (χ2n) is 8.17. The van der Waals surface area contributed by atoms with Crippen LogP contribution in [0, 0.1) is 0 Å². The first-order valence-corrected chi connectivity index (χ1v) is 11.6. The molecule has 0 aromatic heterocycles. The molecule has 29 heavy (non-hydrogen) atoms. The highest BCUT2D eigenvalue weighted by Crippen LogP contribution is 2.28. The Morgan fingerprint density at radius 2 is 1.48 bits per heavy atom. The summed E-state index contributed by atoms with van der Waals surface area (Å²) in [7, 11) is 0. The molecule has 0 aliphatic carbocycles. The van der Waals surface area contributed by atoms with Crippen molar-refractivity contribution in [1.82, 2.24) is 0 Å². The summed E-state index contributed by atoms with van der Waals surface area (Å²) in [6.07, 6.45) is 12.2. The molecule has 1 saturated heterocycles. The van der Waals surface area contributed by atoms with E-state index in [1.807, 2.05) is 6.92 Å². The van der Waals surface area contributed by atoms with Crippen molar-refractivity contribution in [3.63, 3.8) is 0 Å². The highest BCUT2D eigenvalue weighted by molar-refractivity contribution is 5.69. The summed E-state index contributed by atoms with van der Waals surface area (Å²) in [6, 6.07) is 0. The second-order valence-corrected chi connectivity index (χ2v) is 8.17. The lowest BCUT2D eigenvalue weighted by atomic mass is 10.1. The van der Waals surface area contributed by atoms with Crippen molar-refractivity contribution in [2.45, 2.75) is 116 Å². The van der Waals surface area contributed by atoms with Crippen molar-refractivity contribution in [3.8, 4) is 0 Å². The smallest absolute Gasteiger partial charge is 0.305 e. The Kier molecular flexibility index (Phi) is 14.0. The lowest BCUT2D eigenvalue weighted by molar-refractivity contribution is -0.174. The molecule has 0 radical (unpaired) electrons. The Labute approximate surface area is 177 Å². The van der Waals surface area contributed by atoms with E-state index in [2.05, 4.69) is 13.8 Å². The summed E-state index contributed by atoms with van der Waals surface area (Å²) < 4.78 is 22.1. The largest absolute Gasteiger partial charge is 0.466 e. The number of rotatable bonds is 17. The van der Waals surface area contributed by atoms with Gasteiger partial charge in [0.25, 0.3) is 0 Å². The van der Waals surface area contributed by atoms with Crippen molar-refractivity contribution in [1.29, 1.82) is 0 Å². The Morgan fingerprint density at radius 3 is 2.21 bits per heavy atom. The normalized spacial score (nSPS) is 21.3. The van der Waals surface area contributed by atoms with Crippen molar-refractivity contribution < 1.29 is 28.5 Å². The van der Waals surface area contributed by atoms with Crippen molar-refractivity contribution >= 4 is 11.9 Å². The van der Waals surface area contributed by atoms with E-state index in [4.69, 9.17) is 18.9 Å². The minimum Gasteiger partial charge on any atom is -0.466 e. The van der Waals surface area contributed by atoms with Crippen LogP contribution in [0.3, 0.4) is 0 Å². The molecule has 0 bridgehead atoms. The summed E-state index contributed by atoms with van der Waals surface area (Å²) in [5, 5.41) is 0. The van der Waals surface area contributed by atoms with Crippen LogP contribution < -0.4 is 0 Å². The molecule has 0 aromatic rings. The van der Waals surface area contributed by atoms with Crippen LogP contribution in [-0.4, -0.2) is 43.7 Å². The van der Waals surface area contributed by atoms with Gasteiger partial charge in [0.15, 0.2) is 5.79 Å². The van der Waals surface area contributed by atoms with Gasteiger partial charge in [0.2, 0.25) is 0 Å². The van der Waals surface area contributed by atoms with Crippen molar-refractivity contribution in [2.24, 2.45) is 0 Å². The van der Waals surface area contributed by atoms with E-state index < -0.39 is 5.79 Å². The molecule has 1 heterocycles. The zero-order valence-corrected chi connectivity index (χ0v) is 18.8. The minimum absolute atomic E-state index is 0.190. The minimum atomic E-state index is -0.822. The zero-order valence-electron chi connectivity index (χ0n) is 18.8. The molecule has 0 saturated carbocycles. The molecule has 0 N–H and O–H groups in total. The molecule has 6 heteroatoms. The van der Waals surface area contributed by atoms with Crippen LogP contribution in [0.5, 0.6) is 0 Å². The number of hydrogen-bond acceptors (Lipinski definition) is 6. The average Bonchev–Trinajstić information content (AvgIpc) is 3.08. The van der Waals surface area contributed by atoms with Crippen LogP contribution in [0.2, 0.25) is 0 Å². The quantitative estimate of drug-likeness (QED) is 0.237. The van der Waals surface area contributed by atoms with Gasteiger partial charge in [-0.3, -0.25) is 9.59 Å². The van der Waals surface area contributed by atoms with Crippen LogP contribution in [0.4, 0.5) is 0 Å². The fourth-order valence-corrected chi connectivity index (χ4v) is 3.33. The molecule has 1 fully saturated rings. The summed E-state index contributed by atoms with van der Waals surface area (Å²) in [4.78, 5) is 23.6. The number of carbonyl (C=O) groups is 2. The van der Waals surface area contributed by atoms with E-state index >= 15 is 0 Å². The monoisotopic (exact) mass is 414 g/mol. The fraction of sp³-hybridized carbons (Fsp3) is 0.913. The molecular weight excluding hydrogens is 372 g/mol. The fourth-order valence-electron chi connectivity index (χ4n) is 3.33. The molecule has 1 aliphatic heterocycles. The van der Waals surface area contributed by atoms with Gasteiger partial charge in [-0.1, -0.05) is 65.2 Å². The van der Waals surface area contributed by atoms with E-state index in [-0.39, 0.29) is 31.1 Å². The number of hydrogen-bond donors (Lipinski definition) is 0. The molecule has 0 spiro atoms. The Morgan fingerprint density at radius 1 is 0.862 bits per heavy atom. The van der Waals surface area contributed by atoms with E-state index in [9.17, 15) is 9.59 Å². The van der Waals surface area contributed by atoms with Crippen LogP contribution >= 0.6 is 0 Å². The van der Waals surface area contributed by atoms with Gasteiger partial charge >= 0.3 is 11.9 Å². The SMILES string of the molecule is CCCCCCCCCOC(=O)CCC1(C)OCC(COC(=O)CCCCC)O1. The van der Waals surface area contributed by atoms with E-state index in [1.54, 1.807) is 0 Å². The predicted molar refractivity (Wildman–Crippen MR) is 113 cm³/mol. The first-order chi connectivity index (χ1) is 14.0. The molecule has 6 nitrogen and oxygen atoms in total. The zero-order chi connectivity index (χ0) is 21.4. The maximum Gasteiger partial charge on any atom is 0.305 e. The molecule has 0 amide bonds. The Hall–Kier alpha value is -1.14. The molecule has 1 rings (SSSR count). The molecule has 170 valence electrons. The van der Waals surface area contributed by atoms with E-state index in [0.717, 1.165) is 32.1 Å². The number of carbonyl (C=O) groups excluding carboxylic acids is 2.